The van der Waals surface area contributed by atoms with Gasteiger partial charge in [-0.15, -0.1) is 0 Å². The van der Waals surface area contributed by atoms with Gasteiger partial charge >= 0.3 is 5.97 Å². The molecule has 0 radical (unpaired) electrons. The van der Waals surface area contributed by atoms with Crippen LogP contribution in [-0.4, -0.2) is 11.1 Å². The largest absolute Gasteiger partial charge is 0.478 e. The maximum atomic E-state index is 9.60. The molecule has 0 atom stereocenters. The summed E-state index contributed by atoms with van der Waals surface area (Å²) in [4.78, 5) is 9.60. The Labute approximate surface area is 247 Å². The summed E-state index contributed by atoms with van der Waals surface area (Å²) < 4.78 is 0. The number of hydrogen-bond donors (Lipinski definition) is 1. The minimum Gasteiger partial charge on any atom is -0.478 e. The van der Waals surface area contributed by atoms with E-state index in [1.165, 1.54) is 89.5 Å². The molecule has 3 aliphatic carbocycles. The molecular formula is C38H62O2. The van der Waals surface area contributed by atoms with E-state index in [2.05, 4.69) is 44.7 Å². The van der Waals surface area contributed by atoms with E-state index in [1.54, 1.807) is 56.9 Å². The number of carboxylic acids is 1. The third-order valence-electron chi connectivity index (χ3n) is 10.9. The average Bonchev–Trinajstić information content (AvgIpc) is 2.98. The van der Waals surface area contributed by atoms with Crippen LogP contribution in [0.2, 0.25) is 0 Å². The highest BCUT2D eigenvalue weighted by Gasteiger charge is 2.31. The second kappa shape index (κ2) is 18.1. The molecule has 0 unspecified atom stereocenters. The van der Waals surface area contributed by atoms with E-state index in [0.29, 0.717) is 0 Å². The second-order valence-corrected chi connectivity index (χ2v) is 13.9. The first-order valence-corrected chi connectivity index (χ1v) is 17.4. The van der Waals surface area contributed by atoms with Crippen LogP contribution in [0.4, 0.5) is 0 Å². The highest BCUT2D eigenvalue weighted by Crippen LogP contribution is 2.44. The molecular weight excluding hydrogens is 488 g/mol. The molecule has 226 valence electrons. The maximum absolute atomic E-state index is 9.60. The van der Waals surface area contributed by atoms with E-state index in [9.17, 15) is 4.79 Å². The summed E-state index contributed by atoms with van der Waals surface area (Å²) in [5.41, 5.74) is 3.31. The molecule has 0 heterocycles. The van der Waals surface area contributed by atoms with Crippen LogP contribution in [0.3, 0.4) is 0 Å². The Hall–Kier alpha value is -1.57. The summed E-state index contributed by atoms with van der Waals surface area (Å²) in [6.07, 6.45) is 29.7. The van der Waals surface area contributed by atoms with Crippen molar-refractivity contribution in [2.24, 2.45) is 29.6 Å². The number of hydrogen-bond acceptors (Lipinski definition) is 1. The monoisotopic (exact) mass is 550 g/mol. The third kappa shape index (κ3) is 11.4. The molecule has 4 rings (SSSR count). The number of rotatable bonds is 12. The predicted molar refractivity (Wildman–Crippen MR) is 172 cm³/mol. The van der Waals surface area contributed by atoms with Gasteiger partial charge in [-0.2, -0.15) is 0 Å². The van der Waals surface area contributed by atoms with Gasteiger partial charge in [-0.05, 0) is 111 Å². The van der Waals surface area contributed by atoms with Crippen LogP contribution in [0, 0.1) is 29.6 Å². The van der Waals surface area contributed by atoms with Gasteiger partial charge in [0.2, 0.25) is 0 Å². The van der Waals surface area contributed by atoms with Crippen LogP contribution in [-0.2, 0) is 11.2 Å². The highest BCUT2D eigenvalue weighted by molar-refractivity contribution is 5.84. The quantitative estimate of drug-likeness (QED) is 0.207. The summed E-state index contributed by atoms with van der Waals surface area (Å²) >= 11 is 0. The molecule has 0 aromatic heterocycles. The van der Waals surface area contributed by atoms with Gasteiger partial charge in [0.05, 0.1) is 0 Å². The van der Waals surface area contributed by atoms with Crippen molar-refractivity contribution in [3.8, 4) is 0 Å². The van der Waals surface area contributed by atoms with E-state index < -0.39 is 5.97 Å². The van der Waals surface area contributed by atoms with Crippen molar-refractivity contribution in [2.75, 3.05) is 0 Å². The number of carboxylic acid groups (broad SMARTS) is 1. The average molecular weight is 551 g/mol. The lowest BCUT2D eigenvalue weighted by Crippen LogP contribution is -2.26. The van der Waals surface area contributed by atoms with Gasteiger partial charge in [0.25, 0.3) is 0 Å². The van der Waals surface area contributed by atoms with Crippen LogP contribution >= 0.6 is 0 Å². The van der Waals surface area contributed by atoms with Crippen molar-refractivity contribution in [1.29, 1.82) is 0 Å². The summed E-state index contributed by atoms with van der Waals surface area (Å²) in [6.45, 7) is 9.22. The third-order valence-corrected chi connectivity index (χ3v) is 10.9. The number of benzene rings is 1. The zero-order valence-electron chi connectivity index (χ0n) is 26.5. The normalized spacial score (nSPS) is 28.8. The van der Waals surface area contributed by atoms with E-state index in [-0.39, 0.29) is 5.57 Å². The first kappa shape index (κ1) is 32.9. The van der Waals surface area contributed by atoms with Crippen LogP contribution in [0.25, 0.3) is 0 Å². The van der Waals surface area contributed by atoms with Gasteiger partial charge < -0.3 is 5.11 Å². The number of carbonyl (C=O) groups is 1. The summed E-state index contributed by atoms with van der Waals surface area (Å²) in [7, 11) is 0. The molecule has 0 amide bonds. The first-order valence-electron chi connectivity index (χ1n) is 17.4. The molecule has 2 nitrogen and oxygen atoms in total. The Kier molecular flexibility index (Phi) is 14.9. The fourth-order valence-electron chi connectivity index (χ4n) is 8.08. The van der Waals surface area contributed by atoms with Gasteiger partial charge in [0.1, 0.15) is 0 Å². The van der Waals surface area contributed by atoms with Crippen molar-refractivity contribution >= 4 is 5.97 Å². The van der Waals surface area contributed by atoms with Crippen molar-refractivity contribution in [2.45, 2.75) is 155 Å². The van der Waals surface area contributed by atoms with E-state index >= 15 is 0 Å². The van der Waals surface area contributed by atoms with E-state index in [1.807, 2.05) is 0 Å². The van der Waals surface area contributed by atoms with E-state index in [0.717, 1.165) is 35.5 Å². The summed E-state index contributed by atoms with van der Waals surface area (Å²) in [5.74, 6) is 5.25. The molecule has 40 heavy (non-hydrogen) atoms. The molecule has 2 heteroatoms. The maximum Gasteiger partial charge on any atom is 0.330 e. The predicted octanol–water partition coefficient (Wildman–Crippen LogP) is 11.5. The van der Waals surface area contributed by atoms with Gasteiger partial charge in [0, 0.05) is 5.57 Å². The molecule has 1 N–H and O–H groups in total. The fourth-order valence-corrected chi connectivity index (χ4v) is 8.08. The minimum absolute atomic E-state index is 0.176. The van der Waals surface area contributed by atoms with Crippen LogP contribution in [0.1, 0.15) is 160 Å². The number of unbranched alkanes of at least 4 members (excludes halogenated alkanes) is 2. The molecule has 3 saturated carbocycles. The van der Waals surface area contributed by atoms with Crippen LogP contribution in [0.15, 0.2) is 36.4 Å². The summed E-state index contributed by atoms with van der Waals surface area (Å²) in [6, 6.07) is 9.65. The van der Waals surface area contributed by atoms with Gasteiger partial charge in [0.15, 0.2) is 0 Å². The SMILES string of the molecule is C=C(C)C(=O)O.CCCCCC1CCC(C2CCC(CCC3CCC(c4ccc(CCC)cc4)CC3)CC2)CC1. The Balaban J connectivity index is 0.000000663. The fraction of sp³-hybridized carbons (Fsp3) is 0.763. The van der Waals surface area contributed by atoms with Crippen molar-refractivity contribution in [3.63, 3.8) is 0 Å². The lowest BCUT2D eigenvalue weighted by molar-refractivity contribution is -0.132. The Morgan fingerprint density at radius 3 is 1.57 bits per heavy atom. The van der Waals surface area contributed by atoms with Crippen molar-refractivity contribution < 1.29 is 9.90 Å². The molecule has 1 aromatic carbocycles. The first-order chi connectivity index (χ1) is 19.4. The summed E-state index contributed by atoms with van der Waals surface area (Å²) in [5, 5.41) is 7.89. The molecule has 0 aliphatic heterocycles. The minimum atomic E-state index is -0.935. The van der Waals surface area contributed by atoms with Crippen LogP contribution < -0.4 is 0 Å². The standard InChI is InChI=1S/C34H56.C4H6O2/c1-3-5-6-8-28-13-21-32(22-14-28)34-25-17-30(18-26-34)10-9-29-15-23-33(24-16-29)31-19-11-27(7-4-2)12-20-31;1-3(2)4(5)6/h11-12,19-20,28-30,32-34H,3-10,13-18,21-26H2,1-2H3;1H2,2H3,(H,5,6). The highest BCUT2D eigenvalue weighted by atomic mass is 16.4. The Bertz CT molecular complexity index is 819. The topological polar surface area (TPSA) is 37.3 Å². The van der Waals surface area contributed by atoms with Crippen LogP contribution in [0.5, 0.6) is 0 Å². The van der Waals surface area contributed by atoms with Gasteiger partial charge in [-0.3, -0.25) is 0 Å². The van der Waals surface area contributed by atoms with Crippen molar-refractivity contribution in [1.82, 2.24) is 0 Å². The lowest BCUT2D eigenvalue weighted by Gasteiger charge is -2.38. The molecule has 3 fully saturated rings. The molecule has 0 bridgehead atoms. The number of aryl methyl sites for hydroxylation is 1. The number of aliphatic carboxylic acids is 1. The zero-order valence-corrected chi connectivity index (χ0v) is 26.5. The Morgan fingerprint density at radius 2 is 1.15 bits per heavy atom. The van der Waals surface area contributed by atoms with E-state index in [4.69, 9.17) is 5.11 Å². The van der Waals surface area contributed by atoms with Gasteiger partial charge in [-0.1, -0.05) is 115 Å². The second-order valence-electron chi connectivity index (χ2n) is 13.9. The molecule has 1 aromatic rings. The Morgan fingerprint density at radius 1 is 0.700 bits per heavy atom. The zero-order chi connectivity index (χ0) is 28.7. The van der Waals surface area contributed by atoms with Gasteiger partial charge in [-0.25, -0.2) is 4.79 Å². The molecule has 3 aliphatic rings. The smallest absolute Gasteiger partial charge is 0.330 e. The van der Waals surface area contributed by atoms with Crippen molar-refractivity contribution in [3.05, 3.63) is 47.5 Å². The molecule has 0 spiro atoms. The molecule has 0 saturated heterocycles. The lowest BCUT2D eigenvalue weighted by atomic mass is 9.67.